The molecule has 0 spiro atoms. The Labute approximate surface area is 137 Å². The van der Waals surface area contributed by atoms with Crippen molar-refractivity contribution >= 4 is 34.0 Å². The van der Waals surface area contributed by atoms with Crippen molar-refractivity contribution in [3.63, 3.8) is 0 Å². The summed E-state index contributed by atoms with van der Waals surface area (Å²) >= 11 is 0. The third kappa shape index (κ3) is 4.42. The van der Waals surface area contributed by atoms with Crippen LogP contribution in [0.2, 0.25) is 0 Å². The minimum atomic E-state index is -3.49. The summed E-state index contributed by atoms with van der Waals surface area (Å²) in [5.41, 5.74) is 0.496. The van der Waals surface area contributed by atoms with Gasteiger partial charge in [0.2, 0.25) is 15.9 Å². The van der Waals surface area contributed by atoms with Crippen LogP contribution in [-0.4, -0.2) is 45.3 Å². The molecule has 1 fully saturated rings. The van der Waals surface area contributed by atoms with Gasteiger partial charge in [0.05, 0.1) is 10.9 Å². The Hall–Kier alpha value is -1.15. The molecule has 2 rings (SSSR count). The highest BCUT2D eigenvalue weighted by atomic mass is 35.5. The van der Waals surface area contributed by atoms with E-state index in [0.717, 1.165) is 30.1 Å². The standard InChI is InChI=1S/C14H21N3O3S.ClH/c1-17(2)21(19,20)12-7-5-6-11(10-12)16-14(18)13-8-3-4-9-15-13;/h5-7,10,13,15H,3-4,8-9H2,1-2H3,(H,16,18);1H/t13-;/m1./s1. The summed E-state index contributed by atoms with van der Waals surface area (Å²) in [4.78, 5) is 12.3. The Morgan fingerprint density at radius 2 is 2.05 bits per heavy atom. The highest BCUT2D eigenvalue weighted by molar-refractivity contribution is 7.89. The van der Waals surface area contributed by atoms with Crippen LogP contribution in [0.4, 0.5) is 5.69 Å². The number of hydrogen-bond acceptors (Lipinski definition) is 4. The zero-order valence-corrected chi connectivity index (χ0v) is 14.3. The Morgan fingerprint density at radius 3 is 2.64 bits per heavy atom. The van der Waals surface area contributed by atoms with E-state index in [2.05, 4.69) is 10.6 Å². The normalized spacial score (nSPS) is 18.6. The van der Waals surface area contributed by atoms with E-state index >= 15 is 0 Å². The topological polar surface area (TPSA) is 78.5 Å². The molecule has 1 saturated heterocycles. The number of anilines is 1. The van der Waals surface area contributed by atoms with Gasteiger partial charge in [-0.1, -0.05) is 12.5 Å². The molecule has 1 aromatic rings. The molecule has 2 N–H and O–H groups in total. The predicted molar refractivity (Wildman–Crippen MR) is 88.8 cm³/mol. The summed E-state index contributed by atoms with van der Waals surface area (Å²) < 4.78 is 25.3. The molecule has 1 aliphatic rings. The van der Waals surface area contributed by atoms with E-state index in [9.17, 15) is 13.2 Å². The van der Waals surface area contributed by atoms with Gasteiger partial charge in [-0.25, -0.2) is 12.7 Å². The first-order valence-corrected chi connectivity index (χ1v) is 8.42. The van der Waals surface area contributed by atoms with Gasteiger partial charge >= 0.3 is 0 Å². The van der Waals surface area contributed by atoms with E-state index in [4.69, 9.17) is 0 Å². The van der Waals surface area contributed by atoms with E-state index in [0.29, 0.717) is 5.69 Å². The van der Waals surface area contributed by atoms with Gasteiger partial charge in [0.1, 0.15) is 0 Å². The molecule has 1 amide bonds. The minimum Gasteiger partial charge on any atom is -0.325 e. The summed E-state index contributed by atoms with van der Waals surface area (Å²) in [6.45, 7) is 0.840. The van der Waals surface area contributed by atoms with Gasteiger partial charge in [0, 0.05) is 19.8 Å². The van der Waals surface area contributed by atoms with Gasteiger partial charge < -0.3 is 10.6 Å². The number of halogens is 1. The van der Waals surface area contributed by atoms with Crippen molar-refractivity contribution in [2.24, 2.45) is 0 Å². The predicted octanol–water partition coefficient (Wildman–Crippen LogP) is 1.44. The number of carbonyl (C=O) groups excluding carboxylic acids is 1. The summed E-state index contributed by atoms with van der Waals surface area (Å²) in [6.07, 6.45) is 2.92. The molecule has 1 aromatic carbocycles. The molecule has 1 heterocycles. The van der Waals surface area contributed by atoms with E-state index in [1.54, 1.807) is 12.1 Å². The molecule has 6 nitrogen and oxygen atoms in total. The first kappa shape index (κ1) is 18.9. The molecule has 0 saturated carbocycles. The molecule has 0 unspecified atom stereocenters. The summed E-state index contributed by atoms with van der Waals surface area (Å²) in [7, 11) is -0.536. The molecule has 22 heavy (non-hydrogen) atoms. The molecular weight excluding hydrogens is 326 g/mol. The van der Waals surface area contributed by atoms with Gasteiger partial charge in [0.15, 0.2) is 0 Å². The van der Waals surface area contributed by atoms with Crippen molar-refractivity contribution in [1.29, 1.82) is 0 Å². The number of piperidine rings is 1. The number of amides is 1. The lowest BCUT2D eigenvalue weighted by atomic mass is 10.0. The molecule has 8 heteroatoms. The molecule has 0 aliphatic carbocycles. The van der Waals surface area contributed by atoms with Gasteiger partial charge in [-0.2, -0.15) is 0 Å². The molecular formula is C14H22ClN3O3S. The Morgan fingerprint density at radius 1 is 1.32 bits per heavy atom. The SMILES string of the molecule is CN(C)S(=O)(=O)c1cccc(NC(=O)[C@H]2CCCCN2)c1.Cl. The van der Waals surface area contributed by atoms with Crippen LogP contribution in [0.5, 0.6) is 0 Å². The molecule has 124 valence electrons. The third-order valence-corrected chi connectivity index (χ3v) is 5.32. The van der Waals surface area contributed by atoms with Crippen molar-refractivity contribution in [2.75, 3.05) is 26.0 Å². The monoisotopic (exact) mass is 347 g/mol. The third-order valence-electron chi connectivity index (χ3n) is 3.51. The second-order valence-corrected chi connectivity index (χ2v) is 7.46. The quantitative estimate of drug-likeness (QED) is 0.863. The first-order chi connectivity index (χ1) is 9.91. The average molecular weight is 348 g/mol. The van der Waals surface area contributed by atoms with Gasteiger partial charge in [-0.05, 0) is 37.6 Å². The summed E-state index contributed by atoms with van der Waals surface area (Å²) in [6, 6.07) is 6.11. The van der Waals surface area contributed by atoms with Crippen LogP contribution >= 0.6 is 12.4 Å². The van der Waals surface area contributed by atoms with Crippen molar-refractivity contribution in [3.8, 4) is 0 Å². The minimum absolute atomic E-state index is 0. The van der Waals surface area contributed by atoms with Crippen molar-refractivity contribution in [3.05, 3.63) is 24.3 Å². The molecule has 0 bridgehead atoms. The second-order valence-electron chi connectivity index (χ2n) is 5.31. The lowest BCUT2D eigenvalue weighted by Gasteiger charge is -2.22. The zero-order chi connectivity index (χ0) is 15.5. The Bertz CT molecular complexity index is 614. The molecule has 0 radical (unpaired) electrons. The lowest BCUT2D eigenvalue weighted by molar-refractivity contribution is -0.118. The van der Waals surface area contributed by atoms with Gasteiger partial charge in [-0.3, -0.25) is 4.79 Å². The van der Waals surface area contributed by atoms with E-state index in [-0.39, 0.29) is 29.3 Å². The first-order valence-electron chi connectivity index (χ1n) is 6.98. The number of nitrogens with one attached hydrogen (secondary N) is 2. The fraction of sp³-hybridized carbons (Fsp3) is 0.500. The summed E-state index contributed by atoms with van der Waals surface area (Å²) in [5, 5.41) is 5.94. The number of benzene rings is 1. The van der Waals surface area contributed by atoms with E-state index in [1.165, 1.54) is 26.2 Å². The number of carbonyl (C=O) groups is 1. The van der Waals surface area contributed by atoms with Crippen LogP contribution in [0.3, 0.4) is 0 Å². The molecule has 0 aromatic heterocycles. The van der Waals surface area contributed by atoms with Crippen LogP contribution in [0.1, 0.15) is 19.3 Å². The number of rotatable bonds is 4. The van der Waals surface area contributed by atoms with Crippen molar-refractivity contribution < 1.29 is 13.2 Å². The highest BCUT2D eigenvalue weighted by Crippen LogP contribution is 2.18. The van der Waals surface area contributed by atoms with Crippen molar-refractivity contribution in [2.45, 2.75) is 30.2 Å². The Balaban J connectivity index is 0.00000242. The largest absolute Gasteiger partial charge is 0.325 e. The maximum Gasteiger partial charge on any atom is 0.242 e. The average Bonchev–Trinajstić information content (AvgIpc) is 2.48. The van der Waals surface area contributed by atoms with Crippen LogP contribution in [0.25, 0.3) is 0 Å². The number of sulfonamides is 1. The van der Waals surface area contributed by atoms with Gasteiger partial charge in [-0.15, -0.1) is 12.4 Å². The fourth-order valence-electron chi connectivity index (χ4n) is 2.25. The summed E-state index contributed by atoms with van der Waals surface area (Å²) in [5.74, 6) is -0.117. The van der Waals surface area contributed by atoms with Crippen LogP contribution < -0.4 is 10.6 Å². The van der Waals surface area contributed by atoms with Crippen LogP contribution in [-0.2, 0) is 14.8 Å². The molecule has 1 atom stereocenters. The Kier molecular flexibility index (Phi) is 6.80. The lowest BCUT2D eigenvalue weighted by Crippen LogP contribution is -2.43. The molecule has 1 aliphatic heterocycles. The van der Waals surface area contributed by atoms with E-state index in [1.807, 2.05) is 0 Å². The van der Waals surface area contributed by atoms with Crippen LogP contribution in [0.15, 0.2) is 29.2 Å². The van der Waals surface area contributed by atoms with Gasteiger partial charge in [0.25, 0.3) is 0 Å². The second kappa shape index (κ2) is 7.92. The maximum atomic E-state index is 12.1. The maximum absolute atomic E-state index is 12.1. The number of nitrogens with zero attached hydrogens (tertiary/aromatic N) is 1. The van der Waals surface area contributed by atoms with Crippen molar-refractivity contribution in [1.82, 2.24) is 9.62 Å². The fourth-order valence-corrected chi connectivity index (χ4v) is 3.20. The number of hydrogen-bond donors (Lipinski definition) is 2. The highest BCUT2D eigenvalue weighted by Gasteiger charge is 2.21. The zero-order valence-electron chi connectivity index (χ0n) is 12.7. The van der Waals surface area contributed by atoms with E-state index < -0.39 is 10.0 Å². The van der Waals surface area contributed by atoms with Crippen LogP contribution in [0, 0.1) is 0 Å². The smallest absolute Gasteiger partial charge is 0.242 e.